The molecule has 0 amide bonds. The number of nitrogens with zero attached hydrogens (tertiary/aromatic N) is 1. The monoisotopic (exact) mass is 401 g/mol. The van der Waals surface area contributed by atoms with Crippen LogP contribution in [0.15, 0.2) is 83.5 Å². The van der Waals surface area contributed by atoms with Crippen LogP contribution in [0.1, 0.15) is 27.0 Å². The summed E-state index contributed by atoms with van der Waals surface area (Å²) in [5, 5.41) is 0. The van der Waals surface area contributed by atoms with Gasteiger partial charge in [-0.05, 0) is 54.5 Å². The van der Waals surface area contributed by atoms with Gasteiger partial charge in [-0.25, -0.2) is 19.0 Å². The van der Waals surface area contributed by atoms with E-state index in [4.69, 9.17) is 9.47 Å². The van der Waals surface area contributed by atoms with Crippen molar-refractivity contribution in [3.05, 3.63) is 107 Å². The summed E-state index contributed by atoms with van der Waals surface area (Å²) in [6, 6.07) is 19.5. The predicted molar refractivity (Wildman–Crippen MR) is 110 cm³/mol. The highest BCUT2D eigenvalue weighted by atomic mass is 19.1. The number of aryl methyl sites for hydroxylation is 1. The third kappa shape index (κ3) is 4.03. The number of carbonyl (C=O) groups excluding carboxylic acids is 2. The second-order valence-electron chi connectivity index (χ2n) is 6.59. The maximum absolute atomic E-state index is 13.8. The first-order valence-corrected chi connectivity index (χ1v) is 9.16. The van der Waals surface area contributed by atoms with E-state index in [-0.39, 0.29) is 22.9 Å². The Morgan fingerprint density at radius 2 is 1.80 bits per heavy atom. The number of cyclic esters (lactones) is 1. The minimum Gasteiger partial charge on any atom is -0.423 e. The van der Waals surface area contributed by atoms with Gasteiger partial charge in [-0.3, -0.25) is 0 Å². The number of aliphatic imine (C=N–C) groups is 1. The van der Waals surface area contributed by atoms with Crippen LogP contribution in [0.4, 0.5) is 4.39 Å². The number of ether oxygens (including phenoxy) is 2. The Balaban J connectivity index is 1.58. The standard InChI is InChI=1S/C24H16FNO4/c1-15-7-2-3-10-18(15)22-26-21(24(28)30-22)14-16-8-6-9-17(13-16)29-23(27)19-11-4-5-12-20(19)25/h2-14H,1H3/b21-14+. The van der Waals surface area contributed by atoms with Crippen LogP contribution in [0.3, 0.4) is 0 Å². The fourth-order valence-electron chi connectivity index (χ4n) is 2.95. The van der Waals surface area contributed by atoms with Crippen LogP contribution in [0, 0.1) is 12.7 Å². The van der Waals surface area contributed by atoms with Crippen molar-refractivity contribution in [2.24, 2.45) is 4.99 Å². The number of hydrogen-bond acceptors (Lipinski definition) is 5. The van der Waals surface area contributed by atoms with Gasteiger partial charge >= 0.3 is 11.9 Å². The molecule has 0 unspecified atom stereocenters. The zero-order chi connectivity index (χ0) is 21.1. The van der Waals surface area contributed by atoms with Crippen molar-refractivity contribution in [2.45, 2.75) is 6.92 Å². The second kappa shape index (κ2) is 8.13. The zero-order valence-corrected chi connectivity index (χ0v) is 16.0. The third-order valence-corrected chi connectivity index (χ3v) is 4.46. The Hall–Kier alpha value is -4.06. The first-order valence-electron chi connectivity index (χ1n) is 9.16. The van der Waals surface area contributed by atoms with Crippen LogP contribution in [-0.2, 0) is 9.53 Å². The van der Waals surface area contributed by atoms with E-state index in [1.807, 2.05) is 31.2 Å². The highest BCUT2D eigenvalue weighted by Gasteiger charge is 2.25. The van der Waals surface area contributed by atoms with Crippen LogP contribution in [0.2, 0.25) is 0 Å². The van der Waals surface area contributed by atoms with E-state index in [2.05, 4.69) is 4.99 Å². The van der Waals surface area contributed by atoms with Gasteiger partial charge < -0.3 is 9.47 Å². The normalized spacial score (nSPS) is 14.4. The molecule has 3 aromatic rings. The van der Waals surface area contributed by atoms with Crippen molar-refractivity contribution in [2.75, 3.05) is 0 Å². The lowest BCUT2D eigenvalue weighted by molar-refractivity contribution is -0.129. The van der Waals surface area contributed by atoms with Crippen LogP contribution in [-0.4, -0.2) is 17.8 Å². The van der Waals surface area contributed by atoms with E-state index >= 15 is 0 Å². The molecule has 6 heteroatoms. The molecule has 0 aliphatic carbocycles. The lowest BCUT2D eigenvalue weighted by atomic mass is 10.1. The number of carbonyl (C=O) groups is 2. The fourth-order valence-corrected chi connectivity index (χ4v) is 2.95. The summed E-state index contributed by atoms with van der Waals surface area (Å²) in [6.07, 6.45) is 1.54. The smallest absolute Gasteiger partial charge is 0.363 e. The summed E-state index contributed by atoms with van der Waals surface area (Å²) in [5.74, 6) is -1.58. The lowest BCUT2D eigenvalue weighted by Gasteiger charge is -2.06. The quantitative estimate of drug-likeness (QED) is 0.361. The average molecular weight is 401 g/mol. The molecule has 3 aromatic carbocycles. The Labute approximate surface area is 172 Å². The van der Waals surface area contributed by atoms with Gasteiger partial charge in [-0.2, -0.15) is 0 Å². The molecule has 0 atom stereocenters. The van der Waals surface area contributed by atoms with E-state index in [9.17, 15) is 14.0 Å². The Morgan fingerprint density at radius 3 is 2.60 bits per heavy atom. The highest BCUT2D eigenvalue weighted by Crippen LogP contribution is 2.23. The summed E-state index contributed by atoms with van der Waals surface area (Å²) in [4.78, 5) is 28.7. The van der Waals surface area contributed by atoms with Crippen LogP contribution >= 0.6 is 0 Å². The number of halogens is 1. The molecule has 0 saturated heterocycles. The van der Waals surface area contributed by atoms with Gasteiger partial charge in [0.1, 0.15) is 11.6 Å². The van der Waals surface area contributed by atoms with Crippen molar-refractivity contribution in [3.63, 3.8) is 0 Å². The highest BCUT2D eigenvalue weighted by molar-refractivity contribution is 6.13. The van der Waals surface area contributed by atoms with Crippen molar-refractivity contribution in [1.82, 2.24) is 0 Å². The number of esters is 2. The second-order valence-corrected chi connectivity index (χ2v) is 6.59. The first-order chi connectivity index (χ1) is 14.5. The molecule has 0 radical (unpaired) electrons. The molecule has 1 aliphatic heterocycles. The third-order valence-electron chi connectivity index (χ3n) is 4.46. The van der Waals surface area contributed by atoms with E-state index in [0.29, 0.717) is 5.56 Å². The van der Waals surface area contributed by atoms with Crippen molar-refractivity contribution in [3.8, 4) is 5.75 Å². The van der Waals surface area contributed by atoms with Gasteiger partial charge in [0.15, 0.2) is 5.70 Å². The molecule has 1 aliphatic rings. The minimum atomic E-state index is -0.807. The van der Waals surface area contributed by atoms with Gasteiger partial charge in [0.05, 0.1) is 5.56 Å². The van der Waals surface area contributed by atoms with E-state index < -0.39 is 17.8 Å². The van der Waals surface area contributed by atoms with Gasteiger partial charge in [-0.1, -0.05) is 42.5 Å². The van der Waals surface area contributed by atoms with Crippen molar-refractivity contribution < 1.29 is 23.5 Å². The predicted octanol–water partition coefficient (Wildman–Crippen LogP) is 4.70. The maximum atomic E-state index is 13.8. The first kappa shape index (κ1) is 19.3. The average Bonchev–Trinajstić information content (AvgIpc) is 3.09. The molecule has 5 nitrogen and oxygen atoms in total. The molecular weight excluding hydrogens is 385 g/mol. The molecule has 0 aromatic heterocycles. The summed E-state index contributed by atoms with van der Waals surface area (Å²) in [6.45, 7) is 1.90. The summed E-state index contributed by atoms with van der Waals surface area (Å²) in [5.41, 5.74) is 2.23. The molecule has 0 spiro atoms. The molecule has 4 rings (SSSR count). The zero-order valence-electron chi connectivity index (χ0n) is 16.0. The summed E-state index contributed by atoms with van der Waals surface area (Å²) in [7, 11) is 0. The van der Waals surface area contributed by atoms with Gasteiger partial charge in [0.2, 0.25) is 5.90 Å². The molecule has 0 fully saturated rings. The number of rotatable bonds is 4. The SMILES string of the molecule is Cc1ccccc1C1=N/C(=C/c2cccc(OC(=O)c3ccccc3F)c2)C(=O)O1. The van der Waals surface area contributed by atoms with Gasteiger partial charge in [0, 0.05) is 5.56 Å². The van der Waals surface area contributed by atoms with Gasteiger partial charge in [-0.15, -0.1) is 0 Å². The largest absolute Gasteiger partial charge is 0.423 e. The molecule has 30 heavy (non-hydrogen) atoms. The molecular formula is C24H16FNO4. The molecule has 1 heterocycles. The molecule has 0 saturated carbocycles. The number of benzene rings is 3. The molecule has 148 valence electrons. The summed E-state index contributed by atoms with van der Waals surface area (Å²) < 4.78 is 24.3. The van der Waals surface area contributed by atoms with E-state index in [1.165, 1.54) is 24.3 Å². The topological polar surface area (TPSA) is 65.0 Å². The van der Waals surface area contributed by atoms with Crippen LogP contribution in [0.5, 0.6) is 5.75 Å². The molecule has 0 bridgehead atoms. The van der Waals surface area contributed by atoms with Gasteiger partial charge in [0.25, 0.3) is 0 Å². The van der Waals surface area contributed by atoms with E-state index in [0.717, 1.165) is 11.1 Å². The summed E-state index contributed by atoms with van der Waals surface area (Å²) >= 11 is 0. The lowest BCUT2D eigenvalue weighted by Crippen LogP contribution is -2.10. The Kier molecular flexibility index (Phi) is 5.22. The Bertz CT molecular complexity index is 1210. The van der Waals surface area contributed by atoms with Crippen molar-refractivity contribution >= 4 is 23.9 Å². The molecule has 0 N–H and O–H groups in total. The minimum absolute atomic E-state index is 0.130. The maximum Gasteiger partial charge on any atom is 0.363 e. The van der Waals surface area contributed by atoms with E-state index in [1.54, 1.807) is 30.3 Å². The number of hydrogen-bond donors (Lipinski definition) is 0. The fraction of sp³-hybridized carbons (Fsp3) is 0.0417. The van der Waals surface area contributed by atoms with Crippen LogP contribution in [0.25, 0.3) is 6.08 Å². The van der Waals surface area contributed by atoms with Crippen molar-refractivity contribution in [1.29, 1.82) is 0 Å². The Morgan fingerprint density at radius 1 is 1.03 bits per heavy atom. The van der Waals surface area contributed by atoms with Crippen LogP contribution < -0.4 is 4.74 Å².